The van der Waals surface area contributed by atoms with E-state index in [-0.39, 0.29) is 5.91 Å². The smallest absolute Gasteiger partial charge is 0.272 e. The maximum atomic E-state index is 13.2. The van der Waals surface area contributed by atoms with Crippen LogP contribution in [-0.4, -0.2) is 36.8 Å². The van der Waals surface area contributed by atoms with Crippen molar-refractivity contribution in [2.45, 2.75) is 18.6 Å². The first-order valence-corrected chi connectivity index (χ1v) is 10.1. The van der Waals surface area contributed by atoms with Crippen molar-refractivity contribution in [3.63, 3.8) is 0 Å². The van der Waals surface area contributed by atoms with E-state index < -0.39 is 18.1 Å². The van der Waals surface area contributed by atoms with E-state index >= 15 is 0 Å². The van der Waals surface area contributed by atoms with E-state index in [0.717, 1.165) is 22.4 Å². The molecule has 31 heavy (non-hydrogen) atoms. The fourth-order valence-electron chi connectivity index (χ4n) is 3.64. The molecule has 2 amide bonds. The molecule has 0 saturated carbocycles. The number of nitrogens with zero attached hydrogens (tertiary/aromatic N) is 2. The molecular formula is C25H24N4O2. The molecule has 156 valence electrons. The molecule has 6 heteroatoms. The van der Waals surface area contributed by atoms with E-state index in [4.69, 9.17) is 5.73 Å². The highest BCUT2D eigenvalue weighted by Crippen LogP contribution is 2.27. The van der Waals surface area contributed by atoms with Crippen molar-refractivity contribution < 1.29 is 9.59 Å². The molecule has 6 nitrogen and oxygen atoms in total. The van der Waals surface area contributed by atoms with Crippen molar-refractivity contribution in [1.29, 1.82) is 0 Å². The van der Waals surface area contributed by atoms with Gasteiger partial charge in [-0.05, 0) is 18.1 Å². The Morgan fingerprint density at radius 1 is 1.00 bits per heavy atom. The van der Waals surface area contributed by atoms with Crippen LogP contribution in [0.1, 0.15) is 16.7 Å². The zero-order chi connectivity index (χ0) is 21.8. The predicted molar refractivity (Wildman–Crippen MR) is 122 cm³/mol. The highest BCUT2D eigenvalue weighted by atomic mass is 16.2. The van der Waals surface area contributed by atoms with Gasteiger partial charge in [0.15, 0.2) is 0 Å². The van der Waals surface area contributed by atoms with Crippen molar-refractivity contribution in [2.75, 3.05) is 11.9 Å². The Bertz CT molecular complexity index is 1110. The molecule has 0 fully saturated rings. The zero-order valence-corrected chi connectivity index (χ0v) is 17.2. The molecule has 0 radical (unpaired) electrons. The number of benzodiazepines with no additional fused rings is 1. The number of amides is 2. The van der Waals surface area contributed by atoms with Gasteiger partial charge in [-0.2, -0.15) is 0 Å². The Hall–Kier alpha value is -3.77. The fraction of sp³-hybridized carbons (Fsp3) is 0.160. The van der Waals surface area contributed by atoms with E-state index in [1.165, 1.54) is 4.90 Å². The first-order chi connectivity index (χ1) is 15.0. The molecule has 0 unspecified atom stereocenters. The number of nitrogens with one attached hydrogen (secondary N) is 1. The molecule has 4 rings (SSSR count). The Kier molecular flexibility index (Phi) is 5.91. The number of nitrogens with two attached hydrogens (primary N) is 1. The first-order valence-electron chi connectivity index (χ1n) is 10.1. The zero-order valence-electron chi connectivity index (χ0n) is 17.2. The lowest BCUT2D eigenvalue weighted by molar-refractivity contribution is -0.128. The van der Waals surface area contributed by atoms with Crippen LogP contribution >= 0.6 is 0 Å². The molecule has 0 saturated heterocycles. The summed E-state index contributed by atoms with van der Waals surface area (Å²) in [5.41, 5.74) is 10.2. The van der Waals surface area contributed by atoms with Crippen LogP contribution in [0, 0.1) is 0 Å². The molecule has 2 atom stereocenters. The van der Waals surface area contributed by atoms with Gasteiger partial charge in [0.1, 0.15) is 0 Å². The van der Waals surface area contributed by atoms with E-state index in [9.17, 15) is 9.59 Å². The number of carbonyl (C=O) groups is 2. The van der Waals surface area contributed by atoms with Crippen LogP contribution in [0.25, 0.3) is 0 Å². The van der Waals surface area contributed by atoms with Crippen LogP contribution in [0.3, 0.4) is 0 Å². The van der Waals surface area contributed by atoms with Crippen LogP contribution < -0.4 is 16.0 Å². The third-order valence-electron chi connectivity index (χ3n) is 5.30. The number of hydrogen-bond acceptors (Lipinski definition) is 4. The second-order valence-corrected chi connectivity index (χ2v) is 7.47. The second-order valence-electron chi connectivity index (χ2n) is 7.47. The summed E-state index contributed by atoms with van der Waals surface area (Å²) in [6, 6.07) is 26.0. The summed E-state index contributed by atoms with van der Waals surface area (Å²) in [6.07, 6.45) is -0.694. The monoisotopic (exact) mass is 412 g/mol. The van der Waals surface area contributed by atoms with E-state index in [1.54, 1.807) is 7.05 Å². The minimum atomic E-state index is -1.07. The number of likely N-dealkylation sites (N-methyl/N-ethyl adjacent to an activating group) is 1. The van der Waals surface area contributed by atoms with Gasteiger partial charge in [-0.3, -0.25) is 9.59 Å². The Morgan fingerprint density at radius 2 is 1.61 bits per heavy atom. The maximum absolute atomic E-state index is 13.2. The number of carbonyl (C=O) groups excluding carboxylic acids is 2. The van der Waals surface area contributed by atoms with Gasteiger partial charge < -0.3 is 16.0 Å². The number of para-hydroxylation sites is 1. The second kappa shape index (κ2) is 8.93. The lowest BCUT2D eigenvalue weighted by Gasteiger charge is -2.22. The SMILES string of the molecule is CN1C(=O)[C@H](NC(=O)[C@@H](N)Cc2ccccc2)N=C(c2ccccc2)c2ccccc21. The highest BCUT2D eigenvalue weighted by molar-refractivity contribution is 6.20. The van der Waals surface area contributed by atoms with E-state index in [1.807, 2.05) is 84.9 Å². The number of rotatable bonds is 5. The number of hydrogen-bond donors (Lipinski definition) is 2. The minimum Gasteiger partial charge on any atom is -0.325 e. The van der Waals surface area contributed by atoms with Crippen LogP contribution in [0.2, 0.25) is 0 Å². The molecular weight excluding hydrogens is 388 g/mol. The van der Waals surface area contributed by atoms with Gasteiger partial charge in [-0.1, -0.05) is 78.9 Å². The third kappa shape index (κ3) is 4.39. The van der Waals surface area contributed by atoms with Crippen molar-refractivity contribution >= 4 is 23.2 Å². The topological polar surface area (TPSA) is 87.8 Å². The summed E-state index contributed by atoms with van der Waals surface area (Å²) in [6.45, 7) is 0. The third-order valence-corrected chi connectivity index (χ3v) is 5.30. The van der Waals surface area contributed by atoms with Crippen molar-refractivity contribution in [3.8, 4) is 0 Å². The molecule has 0 spiro atoms. The fourth-order valence-corrected chi connectivity index (χ4v) is 3.64. The lowest BCUT2D eigenvalue weighted by Crippen LogP contribution is -2.51. The van der Waals surface area contributed by atoms with Crippen molar-refractivity contribution in [1.82, 2.24) is 5.32 Å². The number of anilines is 1. The minimum absolute atomic E-state index is 0.321. The first kappa shape index (κ1) is 20.5. The van der Waals surface area contributed by atoms with Crippen LogP contribution in [0.5, 0.6) is 0 Å². The number of benzene rings is 3. The average Bonchev–Trinajstić information content (AvgIpc) is 2.91. The molecule has 3 aromatic carbocycles. The largest absolute Gasteiger partial charge is 0.325 e. The summed E-state index contributed by atoms with van der Waals surface area (Å²) >= 11 is 0. The lowest BCUT2D eigenvalue weighted by atomic mass is 10.0. The molecule has 1 aliphatic rings. The van der Waals surface area contributed by atoms with Crippen LogP contribution in [0.4, 0.5) is 5.69 Å². The van der Waals surface area contributed by atoms with Gasteiger partial charge in [0.2, 0.25) is 12.1 Å². The van der Waals surface area contributed by atoms with Crippen molar-refractivity contribution in [3.05, 3.63) is 102 Å². The Balaban J connectivity index is 1.65. The summed E-state index contributed by atoms with van der Waals surface area (Å²) < 4.78 is 0. The molecule has 0 bridgehead atoms. The van der Waals surface area contributed by atoms with E-state index in [2.05, 4.69) is 10.3 Å². The molecule has 1 heterocycles. The van der Waals surface area contributed by atoms with Gasteiger partial charge in [-0.25, -0.2) is 4.99 Å². The summed E-state index contributed by atoms with van der Waals surface area (Å²) in [7, 11) is 1.69. The van der Waals surface area contributed by atoms with Gasteiger partial charge in [0, 0.05) is 18.2 Å². The maximum Gasteiger partial charge on any atom is 0.272 e. The molecule has 0 aliphatic carbocycles. The number of aliphatic imine (C=N–C) groups is 1. The highest BCUT2D eigenvalue weighted by Gasteiger charge is 2.31. The van der Waals surface area contributed by atoms with Gasteiger partial charge >= 0.3 is 0 Å². The van der Waals surface area contributed by atoms with Crippen molar-refractivity contribution in [2.24, 2.45) is 10.7 Å². The number of fused-ring (bicyclic) bond motifs is 1. The van der Waals surface area contributed by atoms with E-state index in [0.29, 0.717) is 12.1 Å². The average molecular weight is 412 g/mol. The molecule has 3 N–H and O–H groups in total. The predicted octanol–water partition coefficient (Wildman–Crippen LogP) is 2.51. The molecule has 3 aromatic rings. The Labute approximate surface area is 181 Å². The normalized spacial score (nSPS) is 16.7. The van der Waals surface area contributed by atoms with Crippen LogP contribution in [0.15, 0.2) is 89.9 Å². The summed E-state index contributed by atoms with van der Waals surface area (Å²) in [5, 5.41) is 2.75. The van der Waals surface area contributed by atoms with Crippen LogP contribution in [-0.2, 0) is 16.0 Å². The summed E-state index contributed by atoms with van der Waals surface area (Å²) in [5.74, 6) is -0.739. The quantitative estimate of drug-likeness (QED) is 0.675. The summed E-state index contributed by atoms with van der Waals surface area (Å²) in [4.78, 5) is 32.2. The molecule has 0 aromatic heterocycles. The van der Waals surface area contributed by atoms with Gasteiger partial charge in [0.05, 0.1) is 17.4 Å². The molecule has 1 aliphatic heterocycles. The Morgan fingerprint density at radius 3 is 2.32 bits per heavy atom. The van der Waals surface area contributed by atoms with Gasteiger partial charge in [-0.15, -0.1) is 0 Å². The van der Waals surface area contributed by atoms with Gasteiger partial charge in [0.25, 0.3) is 5.91 Å². The standard InChI is InChI=1S/C25H24N4O2/c1-29-21-15-9-8-14-19(21)22(18-12-6-3-7-13-18)27-23(25(29)31)28-24(30)20(26)16-17-10-4-2-5-11-17/h2-15,20,23H,16,26H2,1H3,(H,28,30)/t20-,23-/m0/s1.